The Balaban J connectivity index is 2.22. The molecule has 94 valence electrons. The maximum atomic E-state index is 12.0. The van der Waals surface area contributed by atoms with E-state index in [2.05, 4.69) is 9.97 Å². The quantitative estimate of drug-likeness (QED) is 0.732. The molecule has 0 unspecified atom stereocenters. The number of aromatic nitrogens is 2. The van der Waals surface area contributed by atoms with Crippen LogP contribution in [0, 0.1) is 0 Å². The smallest absolute Gasteiger partial charge is 0.259 e. The lowest BCUT2D eigenvalue weighted by atomic mass is 10.1. The molecule has 0 radical (unpaired) electrons. The summed E-state index contributed by atoms with van der Waals surface area (Å²) < 4.78 is 0. The van der Waals surface area contributed by atoms with Gasteiger partial charge in [-0.25, -0.2) is 4.98 Å². The van der Waals surface area contributed by atoms with Crippen molar-refractivity contribution in [2.45, 2.75) is 6.54 Å². The number of nitrogens with zero attached hydrogens (tertiary/aromatic N) is 1. The van der Waals surface area contributed by atoms with E-state index in [4.69, 9.17) is 5.73 Å². The average molecular weight is 251 g/mol. The summed E-state index contributed by atoms with van der Waals surface area (Å²) >= 11 is 0. The molecule has 1 aromatic heterocycles. The molecule has 0 aliphatic carbocycles. The molecule has 0 atom stereocenters. The van der Waals surface area contributed by atoms with Crippen LogP contribution in [-0.2, 0) is 6.54 Å². The summed E-state index contributed by atoms with van der Waals surface area (Å²) in [4.78, 5) is 19.3. The van der Waals surface area contributed by atoms with Crippen LogP contribution >= 0.6 is 0 Å². The van der Waals surface area contributed by atoms with Crippen LogP contribution in [0.4, 0.5) is 0 Å². The molecule has 0 aliphatic heterocycles. The van der Waals surface area contributed by atoms with Gasteiger partial charge in [0.15, 0.2) is 0 Å². The van der Waals surface area contributed by atoms with Crippen LogP contribution in [0.25, 0.3) is 22.3 Å². The minimum absolute atomic E-state index is 0.126. The number of hydrogen-bond acceptors (Lipinski definition) is 3. The summed E-state index contributed by atoms with van der Waals surface area (Å²) in [6, 6.07) is 15.0. The molecule has 1 heterocycles. The Hall–Kier alpha value is -2.46. The van der Waals surface area contributed by atoms with E-state index in [1.54, 1.807) is 6.07 Å². The van der Waals surface area contributed by atoms with E-state index >= 15 is 0 Å². The van der Waals surface area contributed by atoms with Crippen molar-refractivity contribution in [1.29, 1.82) is 0 Å². The van der Waals surface area contributed by atoms with Crippen molar-refractivity contribution < 1.29 is 0 Å². The van der Waals surface area contributed by atoms with Gasteiger partial charge in [-0.3, -0.25) is 4.79 Å². The summed E-state index contributed by atoms with van der Waals surface area (Å²) in [5.41, 5.74) is 8.07. The van der Waals surface area contributed by atoms with Gasteiger partial charge in [-0.1, -0.05) is 30.3 Å². The Morgan fingerprint density at radius 1 is 1.11 bits per heavy atom. The summed E-state index contributed by atoms with van der Waals surface area (Å²) in [5, 5.41) is 0.598. The van der Waals surface area contributed by atoms with Crippen LogP contribution < -0.4 is 11.3 Å². The molecule has 19 heavy (non-hydrogen) atoms. The van der Waals surface area contributed by atoms with Gasteiger partial charge < -0.3 is 10.7 Å². The molecule has 0 saturated carbocycles. The highest BCUT2D eigenvalue weighted by atomic mass is 16.1. The van der Waals surface area contributed by atoms with Crippen LogP contribution in [0.2, 0.25) is 0 Å². The van der Waals surface area contributed by atoms with E-state index in [0.717, 1.165) is 11.1 Å². The Morgan fingerprint density at radius 3 is 2.79 bits per heavy atom. The van der Waals surface area contributed by atoms with Gasteiger partial charge in [-0.05, 0) is 23.8 Å². The lowest BCUT2D eigenvalue weighted by Crippen LogP contribution is -2.09. The fourth-order valence-electron chi connectivity index (χ4n) is 2.07. The summed E-state index contributed by atoms with van der Waals surface area (Å²) in [5.74, 6) is 0.569. The molecule has 0 fully saturated rings. The molecule has 0 amide bonds. The number of H-pyrrole nitrogens is 1. The third-order valence-electron chi connectivity index (χ3n) is 3.05. The Labute approximate surface area is 109 Å². The number of hydrogen-bond donors (Lipinski definition) is 2. The van der Waals surface area contributed by atoms with E-state index in [9.17, 15) is 4.79 Å². The van der Waals surface area contributed by atoms with Gasteiger partial charge in [0.2, 0.25) is 0 Å². The fourth-order valence-corrected chi connectivity index (χ4v) is 2.07. The standard InChI is InChI=1S/C15H13N3O/c16-9-10-4-3-5-11(8-10)14-17-13-7-2-1-6-12(13)15(19)18-14/h1-8H,9,16H2,(H,17,18,19). The zero-order chi connectivity index (χ0) is 13.2. The van der Waals surface area contributed by atoms with Gasteiger partial charge in [0.25, 0.3) is 5.56 Å². The first-order valence-electron chi connectivity index (χ1n) is 6.06. The fraction of sp³-hybridized carbons (Fsp3) is 0.0667. The maximum absolute atomic E-state index is 12.0. The van der Waals surface area contributed by atoms with E-state index in [-0.39, 0.29) is 5.56 Å². The van der Waals surface area contributed by atoms with E-state index < -0.39 is 0 Å². The number of aromatic amines is 1. The van der Waals surface area contributed by atoms with Gasteiger partial charge in [-0.15, -0.1) is 0 Å². The predicted octanol–water partition coefficient (Wildman–Crippen LogP) is 2.05. The molecule has 4 nitrogen and oxygen atoms in total. The minimum Gasteiger partial charge on any atom is -0.326 e. The molecule has 0 aliphatic rings. The largest absolute Gasteiger partial charge is 0.326 e. The average Bonchev–Trinajstić information content (AvgIpc) is 2.47. The number of benzene rings is 2. The van der Waals surface area contributed by atoms with Gasteiger partial charge in [-0.2, -0.15) is 0 Å². The van der Waals surface area contributed by atoms with Crippen LogP contribution in [0.3, 0.4) is 0 Å². The highest BCUT2D eigenvalue weighted by molar-refractivity contribution is 5.79. The van der Waals surface area contributed by atoms with E-state index in [0.29, 0.717) is 23.3 Å². The van der Waals surface area contributed by atoms with Crippen molar-refractivity contribution in [3.63, 3.8) is 0 Å². The molecule has 4 heteroatoms. The molecule has 3 aromatic rings. The second-order valence-electron chi connectivity index (χ2n) is 4.34. The Bertz CT molecular complexity index is 792. The highest BCUT2D eigenvalue weighted by Gasteiger charge is 2.05. The van der Waals surface area contributed by atoms with Crippen LogP contribution in [-0.4, -0.2) is 9.97 Å². The van der Waals surface area contributed by atoms with Gasteiger partial charge in [0.05, 0.1) is 10.9 Å². The lowest BCUT2D eigenvalue weighted by molar-refractivity contribution is 1.07. The van der Waals surface area contributed by atoms with Gasteiger partial charge >= 0.3 is 0 Å². The molecule has 0 bridgehead atoms. The van der Waals surface area contributed by atoms with Gasteiger partial charge in [0.1, 0.15) is 5.82 Å². The van der Waals surface area contributed by atoms with Crippen molar-refractivity contribution in [2.75, 3.05) is 0 Å². The number of nitrogens with one attached hydrogen (secondary N) is 1. The van der Waals surface area contributed by atoms with Crippen molar-refractivity contribution in [3.8, 4) is 11.4 Å². The first kappa shape index (κ1) is 11.6. The normalized spacial score (nSPS) is 10.8. The second kappa shape index (κ2) is 4.66. The molecule has 0 saturated heterocycles. The van der Waals surface area contributed by atoms with Crippen LogP contribution in [0.15, 0.2) is 53.3 Å². The van der Waals surface area contributed by atoms with Crippen molar-refractivity contribution >= 4 is 10.9 Å². The van der Waals surface area contributed by atoms with E-state index in [1.807, 2.05) is 42.5 Å². The van der Waals surface area contributed by atoms with Crippen molar-refractivity contribution in [2.24, 2.45) is 5.73 Å². The first-order valence-corrected chi connectivity index (χ1v) is 6.06. The number of rotatable bonds is 2. The van der Waals surface area contributed by atoms with Crippen molar-refractivity contribution in [1.82, 2.24) is 9.97 Å². The summed E-state index contributed by atoms with van der Waals surface area (Å²) in [7, 11) is 0. The first-order chi connectivity index (χ1) is 9.28. The third-order valence-corrected chi connectivity index (χ3v) is 3.05. The van der Waals surface area contributed by atoms with Gasteiger partial charge in [0, 0.05) is 12.1 Å². The molecule has 3 N–H and O–H groups in total. The molecular weight excluding hydrogens is 238 g/mol. The Morgan fingerprint density at radius 2 is 1.95 bits per heavy atom. The summed E-state index contributed by atoms with van der Waals surface area (Å²) in [6.07, 6.45) is 0. The summed E-state index contributed by atoms with van der Waals surface area (Å²) in [6.45, 7) is 0.464. The predicted molar refractivity (Wildman–Crippen MR) is 75.7 cm³/mol. The van der Waals surface area contributed by atoms with Crippen LogP contribution in [0.5, 0.6) is 0 Å². The van der Waals surface area contributed by atoms with Crippen LogP contribution in [0.1, 0.15) is 5.56 Å². The van der Waals surface area contributed by atoms with Crippen molar-refractivity contribution in [3.05, 3.63) is 64.4 Å². The SMILES string of the molecule is NCc1cccc(-c2nc3ccccc3c(=O)[nH]2)c1. The molecule has 2 aromatic carbocycles. The Kier molecular flexibility index (Phi) is 2.85. The highest BCUT2D eigenvalue weighted by Crippen LogP contribution is 2.17. The molecule has 3 rings (SSSR count). The second-order valence-corrected chi connectivity index (χ2v) is 4.34. The third kappa shape index (κ3) is 2.13. The monoisotopic (exact) mass is 251 g/mol. The lowest BCUT2D eigenvalue weighted by Gasteiger charge is -2.04. The topological polar surface area (TPSA) is 71.8 Å². The zero-order valence-electron chi connectivity index (χ0n) is 10.3. The minimum atomic E-state index is -0.126. The zero-order valence-corrected chi connectivity index (χ0v) is 10.3. The molecule has 0 spiro atoms. The number of fused-ring (bicyclic) bond motifs is 1. The molecular formula is C15H13N3O. The number of nitrogens with two attached hydrogens (primary N) is 1. The number of para-hydroxylation sites is 1. The van der Waals surface area contributed by atoms with E-state index in [1.165, 1.54) is 0 Å². The maximum Gasteiger partial charge on any atom is 0.259 e.